The molecule has 0 aliphatic carbocycles. The fourth-order valence-electron chi connectivity index (χ4n) is 2.82. The average molecular weight is 412 g/mol. The number of rotatable bonds is 6. The summed E-state index contributed by atoms with van der Waals surface area (Å²) in [6, 6.07) is 18.9. The van der Waals surface area contributed by atoms with Gasteiger partial charge in [-0.1, -0.05) is 42.0 Å². The predicted octanol–water partition coefficient (Wildman–Crippen LogP) is 4.21. The number of nitrogens with zero attached hydrogens (tertiary/aromatic N) is 1. The van der Waals surface area contributed by atoms with Crippen molar-refractivity contribution in [2.75, 3.05) is 11.8 Å². The SMILES string of the molecule is Cc1ccc(S(=O)(=O)Nc2cccc(C(=O)N(C)Cc3ccccc3F)c2)cc1. The van der Waals surface area contributed by atoms with Gasteiger partial charge in [-0.05, 0) is 43.3 Å². The molecule has 3 aromatic rings. The van der Waals surface area contributed by atoms with E-state index in [9.17, 15) is 17.6 Å². The van der Waals surface area contributed by atoms with Crippen LogP contribution in [0, 0.1) is 12.7 Å². The molecule has 3 aromatic carbocycles. The number of sulfonamides is 1. The number of halogens is 1. The van der Waals surface area contributed by atoms with Crippen molar-refractivity contribution in [1.29, 1.82) is 0 Å². The molecule has 0 aliphatic heterocycles. The zero-order valence-corrected chi connectivity index (χ0v) is 16.9. The van der Waals surface area contributed by atoms with Gasteiger partial charge in [0, 0.05) is 30.4 Å². The third-order valence-corrected chi connectivity index (χ3v) is 5.80. The van der Waals surface area contributed by atoms with Crippen LogP contribution < -0.4 is 4.72 Å². The number of aryl methyl sites for hydroxylation is 1. The molecule has 0 spiro atoms. The summed E-state index contributed by atoms with van der Waals surface area (Å²) in [5.41, 5.74) is 1.93. The maximum atomic E-state index is 13.8. The second-order valence-electron chi connectivity index (χ2n) is 6.75. The summed E-state index contributed by atoms with van der Waals surface area (Å²) in [5, 5.41) is 0. The lowest BCUT2D eigenvalue weighted by Gasteiger charge is -2.18. The van der Waals surface area contributed by atoms with Gasteiger partial charge in [-0.3, -0.25) is 9.52 Å². The molecule has 0 aliphatic rings. The van der Waals surface area contributed by atoms with Gasteiger partial charge in [0.05, 0.1) is 4.90 Å². The summed E-state index contributed by atoms with van der Waals surface area (Å²) in [6.07, 6.45) is 0. The molecule has 0 saturated carbocycles. The molecule has 3 rings (SSSR count). The van der Waals surface area contributed by atoms with Crippen LogP contribution in [0.4, 0.5) is 10.1 Å². The number of hydrogen-bond donors (Lipinski definition) is 1. The minimum absolute atomic E-state index is 0.102. The Kier molecular flexibility index (Phi) is 5.98. The fourth-order valence-corrected chi connectivity index (χ4v) is 3.87. The Bertz CT molecular complexity index is 1130. The van der Waals surface area contributed by atoms with Crippen molar-refractivity contribution in [2.24, 2.45) is 0 Å². The maximum absolute atomic E-state index is 13.8. The van der Waals surface area contributed by atoms with Crippen molar-refractivity contribution < 1.29 is 17.6 Å². The Labute approximate surface area is 169 Å². The van der Waals surface area contributed by atoms with Crippen molar-refractivity contribution in [2.45, 2.75) is 18.4 Å². The van der Waals surface area contributed by atoms with Gasteiger partial charge in [-0.2, -0.15) is 0 Å². The number of benzene rings is 3. The number of anilines is 1. The van der Waals surface area contributed by atoms with Crippen molar-refractivity contribution in [3.05, 3.63) is 95.3 Å². The molecule has 1 amide bonds. The van der Waals surface area contributed by atoms with Crippen LogP contribution in [-0.4, -0.2) is 26.3 Å². The molecular formula is C22H21FN2O3S. The van der Waals surface area contributed by atoms with Crippen LogP contribution in [0.3, 0.4) is 0 Å². The first-order valence-electron chi connectivity index (χ1n) is 8.95. The number of amides is 1. The van der Waals surface area contributed by atoms with Crippen LogP contribution in [-0.2, 0) is 16.6 Å². The molecule has 29 heavy (non-hydrogen) atoms. The summed E-state index contributed by atoms with van der Waals surface area (Å²) in [5.74, 6) is -0.726. The van der Waals surface area contributed by atoms with Crippen LogP contribution in [0.1, 0.15) is 21.5 Å². The summed E-state index contributed by atoms with van der Waals surface area (Å²) < 4.78 is 41.4. The highest BCUT2D eigenvalue weighted by Gasteiger charge is 2.17. The van der Waals surface area contributed by atoms with Gasteiger partial charge in [0.15, 0.2) is 0 Å². The second-order valence-corrected chi connectivity index (χ2v) is 8.43. The first-order valence-corrected chi connectivity index (χ1v) is 10.4. The Morgan fingerprint density at radius 2 is 1.69 bits per heavy atom. The number of carbonyl (C=O) groups excluding carboxylic acids is 1. The molecule has 150 valence electrons. The van der Waals surface area contributed by atoms with Crippen LogP contribution in [0.25, 0.3) is 0 Å². The normalized spacial score (nSPS) is 11.1. The third-order valence-electron chi connectivity index (χ3n) is 4.41. The fraction of sp³-hybridized carbons (Fsp3) is 0.136. The van der Waals surface area contributed by atoms with Gasteiger partial charge in [-0.25, -0.2) is 12.8 Å². The van der Waals surface area contributed by atoms with Crippen molar-refractivity contribution >= 4 is 21.6 Å². The van der Waals surface area contributed by atoms with Crippen LogP contribution in [0.15, 0.2) is 77.7 Å². The quantitative estimate of drug-likeness (QED) is 0.660. The minimum Gasteiger partial charge on any atom is -0.337 e. The first kappa shape index (κ1) is 20.5. The van der Waals surface area contributed by atoms with Gasteiger partial charge in [0.1, 0.15) is 5.82 Å². The van der Waals surface area contributed by atoms with E-state index in [-0.39, 0.29) is 28.9 Å². The average Bonchev–Trinajstić information content (AvgIpc) is 2.69. The second kappa shape index (κ2) is 8.45. The van der Waals surface area contributed by atoms with E-state index in [1.165, 1.54) is 29.2 Å². The Morgan fingerprint density at radius 1 is 1.00 bits per heavy atom. The third kappa shape index (κ3) is 5.00. The lowest BCUT2D eigenvalue weighted by Crippen LogP contribution is -2.26. The van der Waals surface area contributed by atoms with E-state index in [0.29, 0.717) is 11.1 Å². The first-order chi connectivity index (χ1) is 13.8. The van der Waals surface area contributed by atoms with E-state index in [4.69, 9.17) is 0 Å². The van der Waals surface area contributed by atoms with Gasteiger partial charge >= 0.3 is 0 Å². The van der Waals surface area contributed by atoms with Crippen LogP contribution in [0.2, 0.25) is 0 Å². The molecule has 1 N–H and O–H groups in total. The highest BCUT2D eigenvalue weighted by Crippen LogP contribution is 2.19. The monoisotopic (exact) mass is 412 g/mol. The lowest BCUT2D eigenvalue weighted by atomic mass is 10.1. The number of nitrogens with one attached hydrogen (secondary N) is 1. The van der Waals surface area contributed by atoms with Gasteiger partial charge < -0.3 is 4.90 Å². The topological polar surface area (TPSA) is 66.5 Å². The molecule has 0 fully saturated rings. The van der Waals surface area contributed by atoms with E-state index in [1.54, 1.807) is 55.6 Å². The maximum Gasteiger partial charge on any atom is 0.261 e. The smallest absolute Gasteiger partial charge is 0.261 e. The molecular weight excluding hydrogens is 391 g/mol. The molecule has 0 atom stereocenters. The molecule has 0 aromatic heterocycles. The zero-order valence-electron chi connectivity index (χ0n) is 16.1. The molecule has 0 bridgehead atoms. The lowest BCUT2D eigenvalue weighted by molar-refractivity contribution is 0.0784. The Balaban J connectivity index is 1.77. The van der Waals surface area contributed by atoms with E-state index in [0.717, 1.165) is 5.56 Å². The molecule has 5 nitrogen and oxygen atoms in total. The molecule has 0 heterocycles. The van der Waals surface area contributed by atoms with Crippen molar-refractivity contribution in [3.63, 3.8) is 0 Å². The van der Waals surface area contributed by atoms with E-state index in [2.05, 4.69) is 4.72 Å². The van der Waals surface area contributed by atoms with Crippen LogP contribution in [0.5, 0.6) is 0 Å². The standard InChI is InChI=1S/C22H21FN2O3S/c1-16-10-12-20(13-11-16)29(27,28)24-19-8-5-7-17(14-19)22(26)25(2)15-18-6-3-4-9-21(18)23/h3-14,24H,15H2,1-2H3. The molecule has 7 heteroatoms. The van der Waals surface area contributed by atoms with E-state index in [1.807, 2.05) is 6.92 Å². The molecule has 0 unspecified atom stereocenters. The summed E-state index contributed by atoms with van der Waals surface area (Å²) >= 11 is 0. The van der Waals surface area contributed by atoms with Gasteiger partial charge in [-0.15, -0.1) is 0 Å². The van der Waals surface area contributed by atoms with E-state index < -0.39 is 10.0 Å². The number of hydrogen-bond acceptors (Lipinski definition) is 3. The summed E-state index contributed by atoms with van der Waals surface area (Å²) in [7, 11) is -2.20. The minimum atomic E-state index is -3.77. The van der Waals surface area contributed by atoms with Crippen LogP contribution >= 0.6 is 0 Å². The van der Waals surface area contributed by atoms with E-state index >= 15 is 0 Å². The highest BCUT2D eigenvalue weighted by molar-refractivity contribution is 7.92. The Hall–Kier alpha value is -3.19. The molecule has 0 saturated heterocycles. The predicted molar refractivity (Wildman–Crippen MR) is 111 cm³/mol. The largest absolute Gasteiger partial charge is 0.337 e. The molecule has 0 radical (unpaired) electrons. The zero-order chi connectivity index (χ0) is 21.0. The van der Waals surface area contributed by atoms with Crippen molar-refractivity contribution in [3.8, 4) is 0 Å². The Morgan fingerprint density at radius 3 is 2.38 bits per heavy atom. The summed E-state index contributed by atoms with van der Waals surface area (Å²) in [4.78, 5) is 14.2. The van der Waals surface area contributed by atoms with Gasteiger partial charge in [0.2, 0.25) is 0 Å². The number of carbonyl (C=O) groups is 1. The summed E-state index contributed by atoms with van der Waals surface area (Å²) in [6.45, 7) is 1.97. The van der Waals surface area contributed by atoms with Gasteiger partial charge in [0.25, 0.3) is 15.9 Å². The highest BCUT2D eigenvalue weighted by atomic mass is 32.2. The van der Waals surface area contributed by atoms with Crippen molar-refractivity contribution in [1.82, 2.24) is 4.90 Å².